The predicted molar refractivity (Wildman–Crippen MR) is 105 cm³/mol. The molecule has 1 N–H and O–H groups in total. The molecule has 0 radical (unpaired) electrons. The van der Waals surface area contributed by atoms with Gasteiger partial charge in [-0.05, 0) is 87.7 Å². The van der Waals surface area contributed by atoms with Gasteiger partial charge in [-0.3, -0.25) is 9.59 Å². The molecule has 4 saturated carbocycles. The molecule has 1 unspecified atom stereocenters. The van der Waals surface area contributed by atoms with Crippen molar-refractivity contribution >= 4 is 17.5 Å². The SMILES string of the molecule is Cc1ccccc1NC(=O)C1CCCN1C(=O)C12CC3CC(CC(C3)C1)C2. The summed E-state index contributed by atoms with van der Waals surface area (Å²) in [5, 5.41) is 3.08. The Morgan fingerprint density at radius 3 is 2.30 bits per heavy atom. The highest BCUT2D eigenvalue weighted by atomic mass is 16.2. The summed E-state index contributed by atoms with van der Waals surface area (Å²) in [7, 11) is 0. The van der Waals surface area contributed by atoms with E-state index in [4.69, 9.17) is 0 Å². The van der Waals surface area contributed by atoms with Crippen LogP contribution in [0.15, 0.2) is 24.3 Å². The van der Waals surface area contributed by atoms with E-state index in [1.807, 2.05) is 36.1 Å². The normalized spacial score (nSPS) is 36.9. The maximum atomic E-state index is 13.7. The summed E-state index contributed by atoms with van der Waals surface area (Å²) in [6.45, 7) is 2.75. The van der Waals surface area contributed by atoms with Crippen LogP contribution in [0.4, 0.5) is 5.69 Å². The third kappa shape index (κ3) is 2.88. The van der Waals surface area contributed by atoms with Gasteiger partial charge in [0.2, 0.25) is 11.8 Å². The van der Waals surface area contributed by atoms with E-state index in [0.29, 0.717) is 5.91 Å². The molecule has 0 aromatic heterocycles. The van der Waals surface area contributed by atoms with Gasteiger partial charge in [0.25, 0.3) is 0 Å². The Balaban J connectivity index is 1.34. The lowest BCUT2D eigenvalue weighted by Gasteiger charge is -2.56. The molecule has 27 heavy (non-hydrogen) atoms. The van der Waals surface area contributed by atoms with Crippen molar-refractivity contribution in [1.82, 2.24) is 4.90 Å². The van der Waals surface area contributed by atoms with E-state index in [2.05, 4.69) is 5.32 Å². The van der Waals surface area contributed by atoms with Crippen LogP contribution in [0.2, 0.25) is 0 Å². The van der Waals surface area contributed by atoms with Crippen molar-refractivity contribution in [2.75, 3.05) is 11.9 Å². The van der Waals surface area contributed by atoms with Gasteiger partial charge in [-0.15, -0.1) is 0 Å². The minimum Gasteiger partial charge on any atom is -0.330 e. The second kappa shape index (κ2) is 6.35. The molecule has 1 atom stereocenters. The zero-order valence-electron chi connectivity index (χ0n) is 16.2. The highest BCUT2D eigenvalue weighted by molar-refractivity contribution is 5.98. The van der Waals surface area contributed by atoms with E-state index < -0.39 is 0 Å². The van der Waals surface area contributed by atoms with E-state index in [-0.39, 0.29) is 17.4 Å². The van der Waals surface area contributed by atoms with Crippen molar-refractivity contribution in [1.29, 1.82) is 0 Å². The Morgan fingerprint density at radius 2 is 1.67 bits per heavy atom. The van der Waals surface area contributed by atoms with Gasteiger partial charge >= 0.3 is 0 Å². The van der Waals surface area contributed by atoms with Gasteiger partial charge in [0, 0.05) is 12.2 Å². The third-order valence-corrected chi connectivity index (χ3v) is 7.71. The summed E-state index contributed by atoms with van der Waals surface area (Å²) in [6.07, 6.45) is 8.94. The van der Waals surface area contributed by atoms with Crippen LogP contribution in [0.1, 0.15) is 56.9 Å². The molecule has 1 saturated heterocycles. The lowest BCUT2D eigenvalue weighted by atomic mass is 9.49. The van der Waals surface area contributed by atoms with Gasteiger partial charge < -0.3 is 10.2 Å². The summed E-state index contributed by atoms with van der Waals surface area (Å²) in [5.41, 5.74) is 1.76. The van der Waals surface area contributed by atoms with E-state index in [0.717, 1.165) is 67.7 Å². The Bertz CT molecular complexity index is 736. The lowest BCUT2D eigenvalue weighted by molar-refractivity contribution is -0.160. The van der Waals surface area contributed by atoms with Crippen LogP contribution < -0.4 is 5.32 Å². The van der Waals surface area contributed by atoms with E-state index >= 15 is 0 Å². The molecule has 4 bridgehead atoms. The molecule has 5 fully saturated rings. The highest BCUT2D eigenvalue weighted by Crippen LogP contribution is 2.60. The van der Waals surface area contributed by atoms with Crippen molar-refractivity contribution in [3.8, 4) is 0 Å². The lowest BCUT2D eigenvalue weighted by Crippen LogP contribution is -2.56. The molecule has 6 rings (SSSR count). The maximum absolute atomic E-state index is 13.7. The molecule has 1 aromatic carbocycles. The predicted octanol–water partition coefficient (Wildman–Crippen LogP) is 4.14. The fraction of sp³-hybridized carbons (Fsp3) is 0.652. The summed E-state index contributed by atoms with van der Waals surface area (Å²) in [6, 6.07) is 7.56. The number of hydrogen-bond acceptors (Lipinski definition) is 2. The summed E-state index contributed by atoms with van der Waals surface area (Å²) >= 11 is 0. The first-order chi connectivity index (χ1) is 13.0. The number of para-hydroxylation sites is 1. The molecular formula is C23H30N2O2. The van der Waals surface area contributed by atoms with E-state index in [9.17, 15) is 9.59 Å². The molecule has 5 aliphatic rings. The maximum Gasteiger partial charge on any atom is 0.247 e. The van der Waals surface area contributed by atoms with Crippen LogP contribution in [0, 0.1) is 30.1 Å². The average molecular weight is 367 g/mol. The van der Waals surface area contributed by atoms with Crippen molar-refractivity contribution < 1.29 is 9.59 Å². The number of amides is 2. The molecule has 1 aliphatic heterocycles. The zero-order chi connectivity index (χ0) is 18.6. The number of aryl methyl sites for hydroxylation is 1. The zero-order valence-corrected chi connectivity index (χ0v) is 16.2. The minimum atomic E-state index is -0.301. The first kappa shape index (κ1) is 17.3. The minimum absolute atomic E-state index is 0.0140. The molecule has 1 heterocycles. The van der Waals surface area contributed by atoms with Crippen LogP contribution >= 0.6 is 0 Å². The van der Waals surface area contributed by atoms with E-state index in [1.54, 1.807) is 0 Å². The van der Waals surface area contributed by atoms with Crippen LogP contribution in [-0.2, 0) is 9.59 Å². The fourth-order valence-electron chi connectivity index (χ4n) is 6.89. The van der Waals surface area contributed by atoms with Gasteiger partial charge in [-0.2, -0.15) is 0 Å². The number of rotatable bonds is 3. The largest absolute Gasteiger partial charge is 0.330 e. The average Bonchev–Trinajstić information content (AvgIpc) is 3.11. The topological polar surface area (TPSA) is 49.4 Å². The number of benzene rings is 1. The molecule has 0 spiro atoms. The molecule has 4 aliphatic carbocycles. The fourth-order valence-corrected chi connectivity index (χ4v) is 6.89. The van der Waals surface area contributed by atoms with E-state index in [1.165, 1.54) is 19.3 Å². The molecular weight excluding hydrogens is 336 g/mol. The van der Waals surface area contributed by atoms with Gasteiger partial charge in [-0.1, -0.05) is 18.2 Å². The Kier molecular flexibility index (Phi) is 4.06. The Morgan fingerprint density at radius 1 is 1.04 bits per heavy atom. The van der Waals surface area contributed by atoms with Gasteiger partial charge in [0.15, 0.2) is 0 Å². The molecule has 2 amide bonds. The standard InChI is InChI=1S/C23H30N2O2/c1-15-5-2-3-6-19(15)24-21(26)20-7-4-8-25(20)22(27)23-12-16-9-17(13-23)11-18(10-16)14-23/h2-3,5-6,16-18,20H,4,7-14H2,1H3,(H,24,26). The summed E-state index contributed by atoms with van der Waals surface area (Å²) in [4.78, 5) is 28.6. The third-order valence-electron chi connectivity index (χ3n) is 7.71. The second-order valence-corrected chi connectivity index (χ2v) is 9.66. The first-order valence-electron chi connectivity index (χ1n) is 10.7. The quantitative estimate of drug-likeness (QED) is 0.874. The van der Waals surface area contributed by atoms with Gasteiger partial charge in [-0.25, -0.2) is 0 Å². The number of likely N-dealkylation sites (tertiary alicyclic amines) is 1. The number of hydrogen-bond donors (Lipinski definition) is 1. The van der Waals surface area contributed by atoms with Crippen LogP contribution in [0.5, 0.6) is 0 Å². The Labute approximate surface area is 161 Å². The number of carbonyl (C=O) groups is 2. The summed E-state index contributed by atoms with van der Waals surface area (Å²) < 4.78 is 0. The number of nitrogens with zero attached hydrogens (tertiary/aromatic N) is 1. The monoisotopic (exact) mass is 366 g/mol. The molecule has 1 aromatic rings. The number of anilines is 1. The van der Waals surface area contributed by atoms with Crippen molar-refractivity contribution in [3.05, 3.63) is 29.8 Å². The molecule has 144 valence electrons. The van der Waals surface area contributed by atoms with Crippen molar-refractivity contribution in [2.24, 2.45) is 23.2 Å². The summed E-state index contributed by atoms with van der Waals surface area (Å²) in [5.74, 6) is 2.54. The van der Waals surface area contributed by atoms with Gasteiger partial charge in [0.05, 0.1) is 5.41 Å². The van der Waals surface area contributed by atoms with Crippen LogP contribution in [0.3, 0.4) is 0 Å². The van der Waals surface area contributed by atoms with Crippen LogP contribution in [0.25, 0.3) is 0 Å². The van der Waals surface area contributed by atoms with Crippen LogP contribution in [-0.4, -0.2) is 29.3 Å². The molecule has 4 nitrogen and oxygen atoms in total. The first-order valence-corrected chi connectivity index (χ1v) is 10.7. The number of carbonyl (C=O) groups excluding carboxylic acids is 2. The molecule has 4 heteroatoms. The Hall–Kier alpha value is -1.84. The smallest absolute Gasteiger partial charge is 0.247 e. The van der Waals surface area contributed by atoms with Gasteiger partial charge in [0.1, 0.15) is 6.04 Å². The highest BCUT2D eigenvalue weighted by Gasteiger charge is 2.56. The second-order valence-electron chi connectivity index (χ2n) is 9.66. The number of nitrogens with one attached hydrogen (secondary N) is 1. The van der Waals surface area contributed by atoms with Crippen molar-refractivity contribution in [3.63, 3.8) is 0 Å². The van der Waals surface area contributed by atoms with Crippen molar-refractivity contribution in [2.45, 2.75) is 64.3 Å².